The smallest absolute Gasteiger partial charge is 0.336 e. The summed E-state index contributed by atoms with van der Waals surface area (Å²) >= 11 is 0. The molecule has 0 aliphatic heterocycles. The highest BCUT2D eigenvalue weighted by atomic mass is 19.4. The largest absolute Gasteiger partial charge is 0.406 e. The van der Waals surface area contributed by atoms with E-state index in [1.54, 1.807) is 0 Å². The van der Waals surface area contributed by atoms with Crippen molar-refractivity contribution in [1.82, 2.24) is 4.90 Å². The van der Waals surface area contributed by atoms with Gasteiger partial charge in [-0.1, -0.05) is 6.07 Å². The van der Waals surface area contributed by atoms with Gasteiger partial charge in [-0.15, -0.1) is 0 Å². The van der Waals surface area contributed by atoms with Crippen molar-refractivity contribution in [1.29, 1.82) is 0 Å². The minimum absolute atomic E-state index is 0.0722. The Morgan fingerprint density at radius 3 is 2.52 bits per heavy atom. The fourth-order valence-corrected chi connectivity index (χ4v) is 1.80. The number of carbonyl (C=O) groups is 2. The van der Waals surface area contributed by atoms with E-state index in [4.69, 9.17) is 0 Å². The Morgan fingerprint density at radius 1 is 1.43 bits per heavy atom. The van der Waals surface area contributed by atoms with Crippen LogP contribution in [0.3, 0.4) is 0 Å². The average Bonchev–Trinajstić information content (AvgIpc) is 2.37. The van der Waals surface area contributed by atoms with Gasteiger partial charge in [-0.25, -0.2) is 4.39 Å². The van der Waals surface area contributed by atoms with Crippen LogP contribution in [0.15, 0.2) is 18.2 Å². The molecule has 0 spiro atoms. The molecule has 1 aromatic carbocycles. The van der Waals surface area contributed by atoms with E-state index < -0.39 is 30.4 Å². The molecule has 0 fully saturated rings. The molecule has 1 aromatic rings. The van der Waals surface area contributed by atoms with Gasteiger partial charge in [-0.3, -0.25) is 9.59 Å². The summed E-state index contributed by atoms with van der Waals surface area (Å²) < 4.78 is 50.3. The van der Waals surface area contributed by atoms with Crippen LogP contribution in [-0.4, -0.2) is 37.0 Å². The van der Waals surface area contributed by atoms with Crippen molar-refractivity contribution >= 4 is 18.0 Å². The van der Waals surface area contributed by atoms with Gasteiger partial charge < -0.3 is 10.2 Å². The molecule has 116 valence electrons. The number of amides is 2. The Bertz CT molecular complexity index is 531. The minimum Gasteiger partial charge on any atom is -0.336 e. The average molecular weight is 306 g/mol. The number of anilines is 1. The first kappa shape index (κ1) is 16.9. The van der Waals surface area contributed by atoms with Gasteiger partial charge in [0.1, 0.15) is 12.4 Å². The van der Waals surface area contributed by atoms with E-state index >= 15 is 0 Å². The van der Waals surface area contributed by atoms with Gasteiger partial charge >= 0.3 is 6.18 Å². The zero-order valence-corrected chi connectivity index (χ0v) is 11.4. The van der Waals surface area contributed by atoms with Gasteiger partial charge in [0, 0.05) is 7.05 Å². The molecule has 0 saturated heterocycles. The van der Waals surface area contributed by atoms with Gasteiger partial charge in [0.05, 0.1) is 11.6 Å². The summed E-state index contributed by atoms with van der Waals surface area (Å²) in [5.41, 5.74) is 0.153. The number of alkyl halides is 3. The third kappa shape index (κ3) is 4.73. The topological polar surface area (TPSA) is 49.4 Å². The Morgan fingerprint density at radius 2 is 2.05 bits per heavy atom. The van der Waals surface area contributed by atoms with Crippen molar-refractivity contribution in [3.8, 4) is 0 Å². The Hall–Kier alpha value is -2.12. The quantitative estimate of drug-likeness (QED) is 0.671. The van der Waals surface area contributed by atoms with Crippen LogP contribution in [0.1, 0.15) is 18.4 Å². The van der Waals surface area contributed by atoms with Gasteiger partial charge in [0.25, 0.3) is 0 Å². The van der Waals surface area contributed by atoms with Crippen LogP contribution in [0, 0.1) is 5.82 Å². The number of carbonyl (C=O) groups excluding carboxylic acids is 2. The molecule has 1 atom stereocenters. The van der Waals surface area contributed by atoms with Crippen LogP contribution in [0.4, 0.5) is 23.2 Å². The van der Waals surface area contributed by atoms with Crippen molar-refractivity contribution in [2.24, 2.45) is 0 Å². The van der Waals surface area contributed by atoms with Gasteiger partial charge in [-0.2, -0.15) is 13.2 Å². The number of rotatable bonds is 5. The maximum atomic E-state index is 13.6. The summed E-state index contributed by atoms with van der Waals surface area (Å²) in [5.74, 6) is -2.47. The summed E-state index contributed by atoms with van der Waals surface area (Å²) in [7, 11) is 1.03. The number of hydrogen-bond donors (Lipinski definition) is 1. The molecule has 2 amide bonds. The van der Waals surface area contributed by atoms with Crippen LogP contribution < -0.4 is 5.32 Å². The lowest BCUT2D eigenvalue weighted by molar-refractivity contribution is -0.159. The molecule has 8 heteroatoms. The molecule has 0 aliphatic rings. The van der Waals surface area contributed by atoms with Crippen molar-refractivity contribution in [2.45, 2.75) is 19.0 Å². The number of hydrogen-bond acceptors (Lipinski definition) is 2. The molecule has 1 rings (SSSR count). The highest BCUT2D eigenvalue weighted by molar-refractivity contribution is 5.83. The van der Waals surface area contributed by atoms with Crippen LogP contribution in [0.2, 0.25) is 0 Å². The maximum Gasteiger partial charge on any atom is 0.406 e. The molecule has 0 bridgehead atoms. The summed E-state index contributed by atoms with van der Waals surface area (Å²) in [6.45, 7) is 0.0141. The van der Waals surface area contributed by atoms with Crippen molar-refractivity contribution in [2.75, 3.05) is 18.9 Å². The highest BCUT2D eigenvalue weighted by Gasteiger charge is 2.32. The minimum atomic E-state index is -4.49. The molecule has 0 saturated carbocycles. The fraction of sp³-hybridized carbons (Fsp3) is 0.385. The molecule has 21 heavy (non-hydrogen) atoms. The van der Waals surface area contributed by atoms with E-state index in [1.807, 2.05) is 0 Å². The first-order valence-electron chi connectivity index (χ1n) is 5.97. The Balaban J connectivity index is 2.87. The maximum absolute atomic E-state index is 13.6. The first-order chi connectivity index (χ1) is 9.65. The van der Waals surface area contributed by atoms with Crippen molar-refractivity contribution < 1.29 is 27.2 Å². The van der Waals surface area contributed by atoms with Crippen LogP contribution in [0.25, 0.3) is 0 Å². The summed E-state index contributed by atoms with van der Waals surface area (Å²) in [5, 5.41) is 2.13. The normalized spacial score (nSPS) is 12.7. The third-order valence-corrected chi connectivity index (χ3v) is 2.87. The lowest BCUT2D eigenvalue weighted by Gasteiger charge is -2.23. The monoisotopic (exact) mass is 306 g/mol. The first-order valence-corrected chi connectivity index (χ1v) is 5.97. The zero-order chi connectivity index (χ0) is 16.2. The molecule has 1 unspecified atom stereocenters. The van der Waals surface area contributed by atoms with E-state index in [-0.39, 0.29) is 11.3 Å². The van der Waals surface area contributed by atoms with E-state index in [9.17, 15) is 27.2 Å². The van der Waals surface area contributed by atoms with E-state index in [2.05, 4.69) is 5.32 Å². The lowest BCUT2D eigenvalue weighted by Crippen LogP contribution is -2.38. The molecule has 0 aliphatic carbocycles. The van der Waals surface area contributed by atoms with E-state index in [1.165, 1.54) is 19.1 Å². The highest BCUT2D eigenvalue weighted by Crippen LogP contribution is 2.24. The lowest BCUT2D eigenvalue weighted by atomic mass is 9.99. The second kappa shape index (κ2) is 6.55. The molecular weight excluding hydrogens is 292 g/mol. The van der Waals surface area contributed by atoms with Crippen LogP contribution in [-0.2, 0) is 9.59 Å². The number of nitrogens with zero attached hydrogens (tertiary/aromatic N) is 1. The van der Waals surface area contributed by atoms with Crippen molar-refractivity contribution in [3.63, 3.8) is 0 Å². The second-order valence-electron chi connectivity index (χ2n) is 4.53. The SMILES string of the molecule is CC(C(=O)N(C)CC(F)(F)F)c1ccc(NC=O)c(F)c1. The molecule has 0 aromatic heterocycles. The number of likely N-dealkylation sites (N-methyl/N-ethyl adjacent to an activating group) is 1. The summed E-state index contributed by atoms with van der Waals surface area (Å²) in [6, 6.07) is 3.63. The van der Waals surface area contributed by atoms with Gasteiger partial charge in [-0.05, 0) is 24.6 Å². The zero-order valence-electron chi connectivity index (χ0n) is 11.4. The molecule has 4 nitrogen and oxygen atoms in total. The van der Waals surface area contributed by atoms with E-state index in [0.29, 0.717) is 11.3 Å². The standard InChI is InChI=1S/C13H14F4N2O2/c1-8(12(21)19(2)6-13(15,16)17)9-3-4-11(18-7-20)10(14)5-9/h3-5,7-8H,6H2,1-2H3,(H,18,20). The van der Waals surface area contributed by atoms with Gasteiger partial charge in [0.2, 0.25) is 12.3 Å². The second-order valence-corrected chi connectivity index (χ2v) is 4.53. The predicted molar refractivity (Wildman–Crippen MR) is 68.2 cm³/mol. The Kier molecular flexibility index (Phi) is 5.28. The number of halogens is 4. The number of nitrogens with one attached hydrogen (secondary N) is 1. The summed E-state index contributed by atoms with van der Waals surface area (Å²) in [6.07, 6.45) is -4.20. The van der Waals surface area contributed by atoms with Crippen molar-refractivity contribution in [3.05, 3.63) is 29.6 Å². The number of benzene rings is 1. The van der Waals surface area contributed by atoms with Crippen LogP contribution in [0.5, 0.6) is 0 Å². The molecule has 1 N–H and O–H groups in total. The Labute approximate surface area is 118 Å². The fourth-order valence-electron chi connectivity index (χ4n) is 1.80. The van der Waals surface area contributed by atoms with Gasteiger partial charge in [0.15, 0.2) is 0 Å². The molecule has 0 heterocycles. The van der Waals surface area contributed by atoms with E-state index in [0.717, 1.165) is 13.1 Å². The summed E-state index contributed by atoms with van der Waals surface area (Å²) in [4.78, 5) is 22.6. The predicted octanol–water partition coefficient (Wildman–Crippen LogP) is 2.52. The van der Waals surface area contributed by atoms with Crippen LogP contribution >= 0.6 is 0 Å². The third-order valence-electron chi connectivity index (χ3n) is 2.87. The molecular formula is C13H14F4N2O2. The molecule has 0 radical (unpaired) electrons.